The maximum absolute atomic E-state index is 11.3. The number of imidazole rings is 1. The predicted octanol–water partition coefficient (Wildman–Crippen LogP) is 8.31. The molecule has 0 unspecified atom stereocenters. The second-order valence-corrected chi connectivity index (χ2v) is 11.4. The molecule has 1 heterocycles. The highest BCUT2D eigenvalue weighted by Gasteiger charge is 2.27. The first-order chi connectivity index (χ1) is 16.8. The van der Waals surface area contributed by atoms with Gasteiger partial charge >= 0.3 is 0 Å². The summed E-state index contributed by atoms with van der Waals surface area (Å²) in [5.41, 5.74) is 6.52. The standard InChI is InChI=1S/C29H32N2O.C3H6O/c1-28(2,3)21-17-22(26(32)23(18-21)29(4,5)6)27-30-24(19-13-9-7-10-14-19)25(31-27)20-15-11-8-12-16-20;1-3(2)4/h7-18,32H,1-6H3,(H,30,31);1-2H3. The van der Waals surface area contributed by atoms with Gasteiger partial charge in [0, 0.05) is 16.7 Å². The quantitative estimate of drug-likeness (QED) is 0.308. The van der Waals surface area contributed by atoms with Crippen LogP contribution in [0.25, 0.3) is 33.9 Å². The molecule has 4 aromatic rings. The van der Waals surface area contributed by atoms with Gasteiger partial charge in [0.15, 0.2) is 0 Å². The lowest BCUT2D eigenvalue weighted by atomic mass is 9.79. The summed E-state index contributed by atoms with van der Waals surface area (Å²) in [7, 11) is 0. The molecule has 4 rings (SSSR count). The van der Waals surface area contributed by atoms with E-state index in [0.29, 0.717) is 11.6 Å². The van der Waals surface area contributed by atoms with Crippen molar-refractivity contribution in [1.82, 2.24) is 9.97 Å². The minimum atomic E-state index is -0.197. The van der Waals surface area contributed by atoms with Gasteiger partial charge in [-0.2, -0.15) is 0 Å². The van der Waals surface area contributed by atoms with Gasteiger partial charge in [-0.25, -0.2) is 4.98 Å². The highest BCUT2D eigenvalue weighted by atomic mass is 16.3. The SMILES string of the molecule is CC(C)(C)c1cc(-c2nc(-c3ccccc3)c(-c3ccccc3)[nH]2)c(O)c(C(C)(C)C)c1.CC(C)=O. The third-order valence-corrected chi connectivity index (χ3v) is 5.85. The molecule has 0 fully saturated rings. The highest BCUT2D eigenvalue weighted by Crippen LogP contribution is 2.43. The molecule has 0 radical (unpaired) electrons. The largest absolute Gasteiger partial charge is 0.507 e. The topological polar surface area (TPSA) is 66.0 Å². The smallest absolute Gasteiger partial charge is 0.142 e. The van der Waals surface area contributed by atoms with E-state index in [1.54, 1.807) is 0 Å². The number of carbonyl (C=O) groups is 1. The third-order valence-electron chi connectivity index (χ3n) is 5.85. The van der Waals surface area contributed by atoms with Crippen molar-refractivity contribution in [3.8, 4) is 39.7 Å². The van der Waals surface area contributed by atoms with E-state index in [1.165, 1.54) is 19.4 Å². The summed E-state index contributed by atoms with van der Waals surface area (Å²) in [5.74, 6) is 1.13. The monoisotopic (exact) mass is 482 g/mol. The van der Waals surface area contributed by atoms with E-state index in [0.717, 1.165) is 33.6 Å². The molecule has 4 nitrogen and oxygen atoms in total. The van der Waals surface area contributed by atoms with E-state index >= 15 is 0 Å². The number of nitrogens with zero attached hydrogens (tertiary/aromatic N) is 1. The Hall–Kier alpha value is -3.66. The van der Waals surface area contributed by atoms with Crippen molar-refractivity contribution < 1.29 is 9.90 Å². The van der Waals surface area contributed by atoms with E-state index in [4.69, 9.17) is 4.98 Å². The van der Waals surface area contributed by atoms with Crippen LogP contribution < -0.4 is 0 Å². The molecule has 0 saturated carbocycles. The van der Waals surface area contributed by atoms with Gasteiger partial charge in [0.05, 0.1) is 17.0 Å². The number of aromatic nitrogens is 2. The maximum atomic E-state index is 11.3. The normalized spacial score (nSPS) is 11.6. The Morgan fingerprint density at radius 2 is 1.28 bits per heavy atom. The number of rotatable bonds is 3. The average molecular weight is 483 g/mol. The Kier molecular flexibility index (Phi) is 7.88. The molecule has 0 spiro atoms. The molecule has 1 aromatic heterocycles. The van der Waals surface area contributed by atoms with E-state index in [2.05, 4.69) is 82.9 Å². The van der Waals surface area contributed by atoms with Crippen LogP contribution >= 0.6 is 0 Å². The number of hydrogen-bond acceptors (Lipinski definition) is 3. The van der Waals surface area contributed by atoms with E-state index < -0.39 is 0 Å². The Morgan fingerprint density at radius 1 is 0.778 bits per heavy atom. The van der Waals surface area contributed by atoms with Crippen LogP contribution in [0.5, 0.6) is 5.75 Å². The second-order valence-electron chi connectivity index (χ2n) is 11.4. The lowest BCUT2D eigenvalue weighted by Gasteiger charge is -2.27. The van der Waals surface area contributed by atoms with Crippen molar-refractivity contribution in [2.24, 2.45) is 0 Å². The zero-order valence-electron chi connectivity index (χ0n) is 22.7. The Balaban J connectivity index is 0.000000840. The number of hydrogen-bond donors (Lipinski definition) is 2. The van der Waals surface area contributed by atoms with Gasteiger partial charge < -0.3 is 14.9 Å². The third kappa shape index (κ3) is 6.31. The van der Waals surface area contributed by atoms with E-state index in [9.17, 15) is 9.90 Å². The molecule has 36 heavy (non-hydrogen) atoms. The van der Waals surface area contributed by atoms with Gasteiger partial charge in [-0.1, -0.05) is 108 Å². The average Bonchev–Trinajstić information content (AvgIpc) is 3.24. The zero-order chi connectivity index (χ0) is 26.7. The first-order valence-electron chi connectivity index (χ1n) is 12.4. The van der Waals surface area contributed by atoms with Crippen LogP contribution in [0, 0.1) is 0 Å². The Labute approximate surface area is 215 Å². The number of aromatic amines is 1. The van der Waals surface area contributed by atoms with Crippen molar-refractivity contribution in [2.45, 2.75) is 66.2 Å². The van der Waals surface area contributed by atoms with Crippen molar-refractivity contribution in [3.05, 3.63) is 83.9 Å². The van der Waals surface area contributed by atoms with Gasteiger partial charge in [0.25, 0.3) is 0 Å². The molecule has 0 saturated heterocycles. The lowest BCUT2D eigenvalue weighted by Crippen LogP contribution is -2.17. The van der Waals surface area contributed by atoms with Crippen molar-refractivity contribution in [2.75, 3.05) is 0 Å². The summed E-state index contributed by atoms with van der Waals surface area (Å²) in [6.45, 7) is 16.0. The molecule has 0 aliphatic heterocycles. The number of ketones is 1. The molecule has 0 aliphatic rings. The summed E-state index contributed by atoms with van der Waals surface area (Å²) in [6.07, 6.45) is 0. The van der Waals surface area contributed by atoms with Crippen LogP contribution in [0.1, 0.15) is 66.5 Å². The number of Topliss-reactive ketones (excluding diaryl/α,β-unsaturated/α-hetero) is 1. The fourth-order valence-corrected chi connectivity index (χ4v) is 3.94. The first kappa shape index (κ1) is 26.9. The van der Waals surface area contributed by atoms with Crippen LogP contribution in [-0.2, 0) is 15.6 Å². The molecule has 0 amide bonds. The number of aromatic hydroxyl groups is 1. The number of phenolic OH excluding ortho intramolecular Hbond substituents is 1. The molecule has 188 valence electrons. The fourth-order valence-electron chi connectivity index (χ4n) is 3.94. The number of carbonyl (C=O) groups excluding carboxylic acids is 1. The summed E-state index contributed by atoms with van der Waals surface area (Å²) in [4.78, 5) is 18.0. The van der Waals surface area contributed by atoms with Crippen molar-refractivity contribution in [1.29, 1.82) is 0 Å². The van der Waals surface area contributed by atoms with E-state index in [1.807, 2.05) is 36.4 Å². The van der Waals surface area contributed by atoms with Crippen LogP contribution in [0.2, 0.25) is 0 Å². The fraction of sp³-hybridized carbons (Fsp3) is 0.312. The van der Waals surface area contributed by atoms with Crippen molar-refractivity contribution in [3.63, 3.8) is 0 Å². The van der Waals surface area contributed by atoms with Gasteiger partial charge in [-0.15, -0.1) is 0 Å². The van der Waals surface area contributed by atoms with Crippen LogP contribution in [0.3, 0.4) is 0 Å². The minimum Gasteiger partial charge on any atom is -0.507 e. The molecular formula is C32H38N2O2. The maximum Gasteiger partial charge on any atom is 0.142 e. The second kappa shape index (κ2) is 10.5. The zero-order valence-corrected chi connectivity index (χ0v) is 22.7. The molecule has 4 heteroatoms. The number of benzene rings is 3. The molecule has 2 N–H and O–H groups in total. The summed E-state index contributed by atoms with van der Waals surface area (Å²) in [5, 5.41) is 11.3. The molecule has 0 aliphatic carbocycles. The minimum absolute atomic E-state index is 0.0560. The van der Waals surface area contributed by atoms with Crippen LogP contribution in [0.15, 0.2) is 72.8 Å². The highest BCUT2D eigenvalue weighted by molar-refractivity contribution is 5.82. The van der Waals surface area contributed by atoms with Crippen molar-refractivity contribution >= 4 is 5.78 Å². The van der Waals surface area contributed by atoms with Gasteiger partial charge in [0.1, 0.15) is 17.4 Å². The summed E-state index contributed by atoms with van der Waals surface area (Å²) >= 11 is 0. The van der Waals surface area contributed by atoms with Gasteiger partial charge in [-0.05, 0) is 36.3 Å². The van der Waals surface area contributed by atoms with Gasteiger partial charge in [-0.3, -0.25) is 0 Å². The van der Waals surface area contributed by atoms with Crippen LogP contribution in [0.4, 0.5) is 0 Å². The molecule has 3 aromatic carbocycles. The molecular weight excluding hydrogens is 444 g/mol. The Bertz CT molecular complexity index is 1260. The Morgan fingerprint density at radius 3 is 1.75 bits per heavy atom. The number of phenols is 1. The summed E-state index contributed by atoms with van der Waals surface area (Å²) in [6, 6.07) is 24.6. The number of H-pyrrole nitrogens is 1. The number of nitrogens with one attached hydrogen (secondary N) is 1. The van der Waals surface area contributed by atoms with E-state index in [-0.39, 0.29) is 16.6 Å². The lowest BCUT2D eigenvalue weighted by molar-refractivity contribution is -0.114. The van der Waals surface area contributed by atoms with Gasteiger partial charge in [0.2, 0.25) is 0 Å². The van der Waals surface area contributed by atoms with Crippen LogP contribution in [-0.4, -0.2) is 20.9 Å². The predicted molar refractivity (Wildman–Crippen MR) is 150 cm³/mol. The molecule has 0 bridgehead atoms. The molecule has 0 atom stereocenters. The first-order valence-corrected chi connectivity index (χ1v) is 12.4. The summed E-state index contributed by atoms with van der Waals surface area (Å²) < 4.78 is 0.